The van der Waals surface area contributed by atoms with Crippen molar-refractivity contribution in [2.24, 2.45) is 35.5 Å². The lowest BCUT2D eigenvalue weighted by Gasteiger charge is -2.40. The second kappa shape index (κ2) is 9.23. The maximum Gasteiger partial charge on any atom is 0.139 e. The summed E-state index contributed by atoms with van der Waals surface area (Å²) < 4.78 is 6.51. The molecule has 4 saturated carbocycles. The topological polar surface area (TPSA) is 83.8 Å². The summed E-state index contributed by atoms with van der Waals surface area (Å²) in [6.07, 6.45) is 12.2. The molecule has 0 aromatic heterocycles. The van der Waals surface area contributed by atoms with Gasteiger partial charge in [-0.25, -0.2) is 0 Å². The average molecular weight is 433 g/mol. The second-order valence-electron chi connectivity index (χ2n) is 11.3. The molecule has 6 atom stereocenters. The number of aliphatic hydroxyl groups excluding tert-OH is 2. The summed E-state index contributed by atoms with van der Waals surface area (Å²) in [4.78, 5) is 26.8. The number of fused-ring (bicyclic) bond motifs is 3. The molecular weight excluding hydrogens is 392 g/mol. The van der Waals surface area contributed by atoms with E-state index in [0.717, 1.165) is 89.9 Å². The van der Waals surface area contributed by atoms with E-state index in [0.29, 0.717) is 23.4 Å². The van der Waals surface area contributed by atoms with Gasteiger partial charge in [-0.2, -0.15) is 0 Å². The van der Waals surface area contributed by atoms with Crippen LogP contribution in [0.2, 0.25) is 0 Å². The van der Waals surface area contributed by atoms with Crippen LogP contribution < -0.4 is 0 Å². The van der Waals surface area contributed by atoms with E-state index >= 15 is 0 Å². The highest BCUT2D eigenvalue weighted by Crippen LogP contribution is 2.52. The van der Waals surface area contributed by atoms with Gasteiger partial charge in [0.1, 0.15) is 11.6 Å². The summed E-state index contributed by atoms with van der Waals surface area (Å²) in [6.45, 7) is 0. The number of hydrogen-bond acceptors (Lipinski definition) is 5. The third-order valence-electron chi connectivity index (χ3n) is 9.54. The number of carbonyl (C=O) groups is 2. The largest absolute Gasteiger partial charge is 0.393 e. The summed E-state index contributed by atoms with van der Waals surface area (Å²) in [5.41, 5.74) is 0. The Bertz CT molecular complexity index is 661. The van der Waals surface area contributed by atoms with Crippen LogP contribution in [-0.2, 0) is 14.3 Å². The number of rotatable bonds is 4. The monoisotopic (exact) mass is 432 g/mol. The van der Waals surface area contributed by atoms with E-state index in [4.69, 9.17) is 4.74 Å². The average Bonchev–Trinajstić information content (AvgIpc) is 3.17. The van der Waals surface area contributed by atoms with Gasteiger partial charge in [-0.05, 0) is 89.4 Å². The predicted molar refractivity (Wildman–Crippen MR) is 116 cm³/mol. The minimum absolute atomic E-state index is 0.0904. The third-order valence-corrected chi connectivity index (χ3v) is 9.54. The zero-order chi connectivity index (χ0) is 21.5. The highest BCUT2D eigenvalue weighted by molar-refractivity contribution is 5.85. The van der Waals surface area contributed by atoms with E-state index in [2.05, 4.69) is 0 Å². The van der Waals surface area contributed by atoms with Crippen molar-refractivity contribution in [1.82, 2.24) is 0 Å². The first kappa shape index (κ1) is 22.0. The van der Waals surface area contributed by atoms with Gasteiger partial charge in [0.25, 0.3) is 0 Å². The van der Waals surface area contributed by atoms with Gasteiger partial charge in [0.15, 0.2) is 0 Å². The summed E-state index contributed by atoms with van der Waals surface area (Å²) in [5.74, 6) is 1.95. The molecule has 5 rings (SSSR count). The van der Waals surface area contributed by atoms with Gasteiger partial charge in [0, 0.05) is 29.6 Å². The van der Waals surface area contributed by atoms with Crippen LogP contribution in [0.25, 0.3) is 0 Å². The molecule has 6 unspecified atom stereocenters. The summed E-state index contributed by atoms with van der Waals surface area (Å²) in [5, 5.41) is 19.7. The molecule has 1 saturated heterocycles. The normalized spacial score (nSPS) is 47.9. The van der Waals surface area contributed by atoms with Gasteiger partial charge >= 0.3 is 0 Å². The summed E-state index contributed by atoms with van der Waals surface area (Å²) >= 11 is 0. The molecule has 1 aliphatic heterocycles. The summed E-state index contributed by atoms with van der Waals surface area (Å²) in [6, 6.07) is 0. The van der Waals surface area contributed by atoms with Crippen molar-refractivity contribution in [3.63, 3.8) is 0 Å². The van der Waals surface area contributed by atoms with Crippen LogP contribution in [0, 0.1) is 35.5 Å². The van der Waals surface area contributed by atoms with Crippen molar-refractivity contribution in [1.29, 1.82) is 0 Å². The van der Waals surface area contributed by atoms with Crippen molar-refractivity contribution in [3.8, 4) is 0 Å². The van der Waals surface area contributed by atoms with Crippen molar-refractivity contribution < 1.29 is 24.5 Å². The Morgan fingerprint density at radius 1 is 0.613 bits per heavy atom. The zero-order valence-corrected chi connectivity index (χ0v) is 18.8. The molecule has 5 aliphatic rings. The Kier molecular flexibility index (Phi) is 6.56. The Morgan fingerprint density at radius 2 is 1.19 bits per heavy atom. The Labute approximate surface area is 186 Å². The molecule has 1 heterocycles. The highest BCUT2D eigenvalue weighted by Gasteiger charge is 2.54. The maximum absolute atomic E-state index is 13.5. The van der Waals surface area contributed by atoms with Crippen LogP contribution >= 0.6 is 0 Å². The molecule has 0 radical (unpaired) electrons. The van der Waals surface area contributed by atoms with Gasteiger partial charge in [0.05, 0.1) is 24.4 Å². The molecule has 4 aliphatic carbocycles. The van der Waals surface area contributed by atoms with E-state index in [9.17, 15) is 19.8 Å². The van der Waals surface area contributed by atoms with Crippen molar-refractivity contribution in [3.05, 3.63) is 0 Å². The molecular formula is C26H40O5. The van der Waals surface area contributed by atoms with E-state index in [-0.39, 0.29) is 48.1 Å². The van der Waals surface area contributed by atoms with Gasteiger partial charge in [-0.1, -0.05) is 6.42 Å². The Hall–Kier alpha value is -0.780. The van der Waals surface area contributed by atoms with Crippen molar-refractivity contribution in [2.45, 2.75) is 114 Å². The predicted octanol–water partition coefficient (Wildman–Crippen LogP) is 3.83. The number of Topliss-reactive ketones (excluding diaryl/α,β-unsaturated/α-hetero) is 2. The van der Waals surface area contributed by atoms with E-state index < -0.39 is 0 Å². The lowest BCUT2D eigenvalue weighted by Crippen LogP contribution is -2.43. The van der Waals surface area contributed by atoms with Crippen molar-refractivity contribution >= 4 is 11.6 Å². The molecule has 0 spiro atoms. The van der Waals surface area contributed by atoms with Gasteiger partial charge in [-0.3, -0.25) is 9.59 Å². The second-order valence-corrected chi connectivity index (χ2v) is 11.3. The molecule has 0 bridgehead atoms. The van der Waals surface area contributed by atoms with E-state index in [1.54, 1.807) is 0 Å². The van der Waals surface area contributed by atoms with Crippen LogP contribution in [0.4, 0.5) is 0 Å². The van der Waals surface area contributed by atoms with Crippen LogP contribution in [0.3, 0.4) is 0 Å². The Balaban J connectivity index is 1.27. The maximum atomic E-state index is 13.5. The lowest BCUT2D eigenvalue weighted by atomic mass is 9.62. The quantitative estimate of drug-likeness (QED) is 0.705. The molecule has 5 fully saturated rings. The fraction of sp³-hybridized carbons (Fsp3) is 0.923. The number of carbonyl (C=O) groups excluding carboxylic acids is 2. The molecule has 0 aromatic carbocycles. The third kappa shape index (κ3) is 4.39. The molecule has 0 amide bonds. The molecule has 0 aromatic rings. The molecule has 5 nitrogen and oxygen atoms in total. The SMILES string of the molecule is O=C(C1CCC(O)CC1)C1CCC2OC3CCCC(C(=O)C4CCC(O)CC4)C3C2C1. The van der Waals surface area contributed by atoms with Crippen LogP contribution in [-0.4, -0.2) is 46.2 Å². The van der Waals surface area contributed by atoms with E-state index in [1.807, 2.05) is 0 Å². The molecule has 2 N–H and O–H groups in total. The molecule has 5 heteroatoms. The minimum Gasteiger partial charge on any atom is -0.393 e. The van der Waals surface area contributed by atoms with Gasteiger partial charge in [-0.15, -0.1) is 0 Å². The fourth-order valence-electron chi connectivity index (χ4n) is 7.84. The lowest BCUT2D eigenvalue weighted by molar-refractivity contribution is -0.133. The van der Waals surface area contributed by atoms with Gasteiger partial charge in [0.2, 0.25) is 0 Å². The number of hydrogen-bond donors (Lipinski definition) is 2. The molecule has 31 heavy (non-hydrogen) atoms. The first-order valence-electron chi connectivity index (χ1n) is 13.1. The Morgan fingerprint density at radius 3 is 1.84 bits per heavy atom. The number of ketones is 2. The smallest absolute Gasteiger partial charge is 0.139 e. The first-order valence-corrected chi connectivity index (χ1v) is 13.1. The van der Waals surface area contributed by atoms with Gasteiger partial charge < -0.3 is 14.9 Å². The number of aliphatic hydroxyl groups is 2. The molecule has 174 valence electrons. The van der Waals surface area contributed by atoms with Crippen LogP contribution in [0.5, 0.6) is 0 Å². The zero-order valence-electron chi connectivity index (χ0n) is 18.8. The number of ether oxygens (including phenoxy) is 1. The standard InChI is InChI=1S/C26H40O5/c27-18-9-4-15(5-10-18)25(29)17-8-13-22-21(14-17)24-20(2-1-3-23(24)31-22)26(30)16-6-11-19(28)12-7-16/h15-24,27-28H,1-14H2. The van der Waals surface area contributed by atoms with Crippen molar-refractivity contribution in [2.75, 3.05) is 0 Å². The summed E-state index contributed by atoms with van der Waals surface area (Å²) in [7, 11) is 0. The van der Waals surface area contributed by atoms with Crippen LogP contribution in [0.15, 0.2) is 0 Å². The fourth-order valence-corrected chi connectivity index (χ4v) is 7.84. The first-order chi connectivity index (χ1) is 15.0. The highest BCUT2D eigenvalue weighted by atomic mass is 16.5. The minimum atomic E-state index is -0.228. The van der Waals surface area contributed by atoms with E-state index in [1.165, 1.54) is 0 Å². The van der Waals surface area contributed by atoms with Crippen LogP contribution in [0.1, 0.15) is 89.9 Å².